The molecule has 0 atom stereocenters. The number of hydrogen-bond acceptors (Lipinski definition) is 4. The van der Waals surface area contributed by atoms with Gasteiger partial charge < -0.3 is 10.1 Å². The molecular formula is C19H16F2N2O2. The number of esters is 1. The number of aryl methyl sites for hydroxylation is 1. The first-order valence-corrected chi connectivity index (χ1v) is 7.66. The third-order valence-corrected chi connectivity index (χ3v) is 3.94. The molecule has 3 aromatic rings. The molecule has 0 aliphatic carbocycles. The monoisotopic (exact) mass is 342 g/mol. The second kappa shape index (κ2) is 6.84. The van der Waals surface area contributed by atoms with Crippen LogP contribution in [0.5, 0.6) is 0 Å². The van der Waals surface area contributed by atoms with Crippen LogP contribution in [-0.2, 0) is 16.0 Å². The summed E-state index contributed by atoms with van der Waals surface area (Å²) in [6, 6.07) is 10.3. The van der Waals surface area contributed by atoms with Gasteiger partial charge in [0.15, 0.2) is 0 Å². The number of methoxy groups -OCH3 is 1. The highest BCUT2D eigenvalue weighted by Gasteiger charge is 2.18. The lowest BCUT2D eigenvalue weighted by Crippen LogP contribution is -2.10. The molecule has 1 aromatic heterocycles. The van der Waals surface area contributed by atoms with Gasteiger partial charge in [0.1, 0.15) is 11.6 Å². The molecule has 0 unspecified atom stereocenters. The molecule has 6 heteroatoms. The number of carbonyl (C=O) groups is 1. The van der Waals surface area contributed by atoms with E-state index in [4.69, 9.17) is 4.74 Å². The number of aromatic nitrogens is 1. The zero-order valence-electron chi connectivity index (χ0n) is 13.8. The van der Waals surface area contributed by atoms with Gasteiger partial charge in [-0.05, 0) is 37.3 Å². The van der Waals surface area contributed by atoms with E-state index in [1.165, 1.54) is 25.3 Å². The molecule has 0 aliphatic heterocycles. The lowest BCUT2D eigenvalue weighted by atomic mass is 10.0. The first-order chi connectivity index (χ1) is 12.0. The maximum Gasteiger partial charge on any atom is 0.310 e. The summed E-state index contributed by atoms with van der Waals surface area (Å²) in [5.41, 5.74) is 2.34. The van der Waals surface area contributed by atoms with Gasteiger partial charge in [-0.15, -0.1) is 0 Å². The lowest BCUT2D eigenvalue weighted by Gasteiger charge is -2.17. The van der Waals surface area contributed by atoms with Gasteiger partial charge in [-0.3, -0.25) is 9.78 Å². The number of carbonyl (C=O) groups excluding carboxylic acids is 1. The molecular weight excluding hydrogens is 326 g/mol. The van der Waals surface area contributed by atoms with Crippen LogP contribution in [0, 0.1) is 18.6 Å². The number of nitrogens with one attached hydrogen (secondary N) is 1. The fraction of sp³-hybridized carbons (Fsp3) is 0.158. The third-order valence-electron chi connectivity index (χ3n) is 3.94. The Balaban J connectivity index is 2.23. The molecule has 0 bridgehead atoms. The van der Waals surface area contributed by atoms with Crippen LogP contribution in [0.1, 0.15) is 11.3 Å². The Morgan fingerprint density at radius 3 is 2.68 bits per heavy atom. The van der Waals surface area contributed by atoms with Crippen molar-refractivity contribution in [2.45, 2.75) is 13.3 Å². The third kappa shape index (κ3) is 3.42. The van der Waals surface area contributed by atoms with Gasteiger partial charge in [0.05, 0.1) is 30.4 Å². The second-order valence-corrected chi connectivity index (χ2v) is 5.57. The average Bonchev–Trinajstić information content (AvgIpc) is 2.60. The standard InChI is InChI=1S/C19H16F2N2O2/c1-11-13(10-18(24)25-2)19(23-17-6-4-3-5-15(17)21)14-9-12(20)7-8-16(14)22-11/h3-9H,10H2,1-2H3,(H,22,23). The number of benzene rings is 2. The van der Waals surface area contributed by atoms with E-state index in [-0.39, 0.29) is 12.1 Å². The predicted molar refractivity (Wildman–Crippen MR) is 91.8 cm³/mol. The number of halogens is 2. The minimum Gasteiger partial charge on any atom is -0.469 e. The van der Waals surface area contributed by atoms with Crippen molar-refractivity contribution in [3.05, 3.63) is 65.4 Å². The van der Waals surface area contributed by atoms with E-state index in [1.54, 1.807) is 31.2 Å². The number of para-hydroxylation sites is 1. The Morgan fingerprint density at radius 1 is 1.20 bits per heavy atom. The van der Waals surface area contributed by atoms with Gasteiger partial charge in [0, 0.05) is 16.6 Å². The molecule has 3 rings (SSSR count). The van der Waals surface area contributed by atoms with Crippen LogP contribution >= 0.6 is 0 Å². The molecule has 0 spiro atoms. The van der Waals surface area contributed by atoms with Gasteiger partial charge in [-0.2, -0.15) is 0 Å². The summed E-state index contributed by atoms with van der Waals surface area (Å²) in [6.07, 6.45) is -0.0570. The summed E-state index contributed by atoms with van der Waals surface area (Å²) >= 11 is 0. The summed E-state index contributed by atoms with van der Waals surface area (Å²) in [5.74, 6) is -1.36. The number of hydrogen-bond donors (Lipinski definition) is 1. The van der Waals surface area contributed by atoms with Crippen molar-refractivity contribution in [3.8, 4) is 0 Å². The zero-order chi connectivity index (χ0) is 18.0. The summed E-state index contributed by atoms with van der Waals surface area (Å²) in [4.78, 5) is 16.2. The quantitative estimate of drug-likeness (QED) is 0.719. The van der Waals surface area contributed by atoms with E-state index in [1.807, 2.05) is 0 Å². The number of nitrogens with zero attached hydrogens (tertiary/aromatic N) is 1. The fourth-order valence-electron chi connectivity index (χ4n) is 2.67. The summed E-state index contributed by atoms with van der Waals surface area (Å²) < 4.78 is 32.6. The number of pyridine rings is 1. The molecule has 25 heavy (non-hydrogen) atoms. The van der Waals surface area contributed by atoms with Crippen LogP contribution in [0.25, 0.3) is 10.9 Å². The highest BCUT2D eigenvalue weighted by molar-refractivity contribution is 5.96. The van der Waals surface area contributed by atoms with Crippen molar-refractivity contribution in [3.63, 3.8) is 0 Å². The van der Waals surface area contributed by atoms with E-state index in [0.717, 1.165) is 0 Å². The zero-order valence-corrected chi connectivity index (χ0v) is 13.8. The van der Waals surface area contributed by atoms with Crippen LogP contribution in [0.15, 0.2) is 42.5 Å². The van der Waals surface area contributed by atoms with Crippen molar-refractivity contribution < 1.29 is 18.3 Å². The number of ether oxygens (including phenoxy) is 1. The van der Waals surface area contributed by atoms with Crippen molar-refractivity contribution in [1.82, 2.24) is 4.98 Å². The number of fused-ring (bicyclic) bond motifs is 1. The molecule has 0 saturated heterocycles. The molecule has 1 N–H and O–H groups in total. The summed E-state index contributed by atoms with van der Waals surface area (Å²) in [7, 11) is 1.29. The minimum absolute atomic E-state index is 0.0570. The molecule has 0 aliphatic rings. The van der Waals surface area contributed by atoms with Crippen LogP contribution in [0.2, 0.25) is 0 Å². The Labute approximate surface area is 143 Å². The molecule has 0 fully saturated rings. The first-order valence-electron chi connectivity index (χ1n) is 7.66. The van der Waals surface area contributed by atoms with E-state index in [2.05, 4.69) is 10.3 Å². The Hall–Kier alpha value is -3.02. The van der Waals surface area contributed by atoms with Crippen molar-refractivity contribution >= 4 is 28.2 Å². The molecule has 0 amide bonds. The molecule has 0 saturated carbocycles. The van der Waals surface area contributed by atoms with Crippen molar-refractivity contribution in [1.29, 1.82) is 0 Å². The molecule has 0 radical (unpaired) electrons. The van der Waals surface area contributed by atoms with Gasteiger partial charge in [0.25, 0.3) is 0 Å². The minimum atomic E-state index is -0.461. The summed E-state index contributed by atoms with van der Waals surface area (Å²) in [6.45, 7) is 1.74. The Kier molecular flexibility index (Phi) is 4.61. The molecule has 4 nitrogen and oxygen atoms in total. The van der Waals surface area contributed by atoms with Crippen LogP contribution in [-0.4, -0.2) is 18.1 Å². The topological polar surface area (TPSA) is 51.2 Å². The maximum atomic E-state index is 14.1. The van der Waals surface area contributed by atoms with Gasteiger partial charge in [-0.1, -0.05) is 12.1 Å². The Morgan fingerprint density at radius 2 is 1.96 bits per heavy atom. The maximum absolute atomic E-state index is 14.1. The van der Waals surface area contributed by atoms with E-state index in [0.29, 0.717) is 27.8 Å². The second-order valence-electron chi connectivity index (χ2n) is 5.57. The normalized spacial score (nSPS) is 10.7. The number of anilines is 2. The van der Waals surface area contributed by atoms with Gasteiger partial charge in [-0.25, -0.2) is 8.78 Å². The first kappa shape index (κ1) is 16.8. The van der Waals surface area contributed by atoms with Crippen molar-refractivity contribution in [2.24, 2.45) is 0 Å². The van der Waals surface area contributed by atoms with Crippen LogP contribution in [0.3, 0.4) is 0 Å². The van der Waals surface area contributed by atoms with Crippen LogP contribution in [0.4, 0.5) is 20.2 Å². The highest BCUT2D eigenvalue weighted by Crippen LogP contribution is 2.33. The average molecular weight is 342 g/mol. The smallest absolute Gasteiger partial charge is 0.310 e. The van der Waals surface area contributed by atoms with Gasteiger partial charge >= 0.3 is 5.97 Å². The van der Waals surface area contributed by atoms with E-state index in [9.17, 15) is 13.6 Å². The van der Waals surface area contributed by atoms with E-state index < -0.39 is 17.6 Å². The molecule has 1 heterocycles. The summed E-state index contributed by atoms with van der Waals surface area (Å²) in [5, 5.41) is 3.46. The number of rotatable bonds is 4. The van der Waals surface area contributed by atoms with Crippen molar-refractivity contribution in [2.75, 3.05) is 12.4 Å². The fourth-order valence-corrected chi connectivity index (χ4v) is 2.67. The lowest BCUT2D eigenvalue weighted by molar-refractivity contribution is -0.139. The molecule has 128 valence electrons. The van der Waals surface area contributed by atoms with Gasteiger partial charge in [0.2, 0.25) is 0 Å². The largest absolute Gasteiger partial charge is 0.469 e. The van der Waals surface area contributed by atoms with Crippen LogP contribution < -0.4 is 5.32 Å². The SMILES string of the molecule is COC(=O)Cc1c(C)nc2ccc(F)cc2c1Nc1ccccc1F. The highest BCUT2D eigenvalue weighted by atomic mass is 19.1. The molecule has 2 aromatic carbocycles. The van der Waals surface area contributed by atoms with E-state index >= 15 is 0 Å². The predicted octanol–water partition coefficient (Wildman–Crippen LogP) is 4.28. The Bertz CT molecular complexity index is 958.